The van der Waals surface area contributed by atoms with Crippen molar-refractivity contribution in [1.82, 2.24) is 9.88 Å². The molecule has 0 saturated carbocycles. The molecule has 3 rings (SSSR count). The van der Waals surface area contributed by atoms with E-state index in [1.165, 1.54) is 0 Å². The summed E-state index contributed by atoms with van der Waals surface area (Å²) in [7, 11) is 0. The van der Waals surface area contributed by atoms with Gasteiger partial charge in [0.05, 0.1) is 6.54 Å². The molecular weight excluding hydrogens is 332 g/mol. The van der Waals surface area contributed by atoms with Gasteiger partial charge in [0.25, 0.3) is 0 Å². The number of hydrogen-bond donors (Lipinski definition) is 1. The monoisotopic (exact) mass is 354 g/mol. The average molecular weight is 354 g/mol. The van der Waals surface area contributed by atoms with E-state index in [1.807, 2.05) is 48.5 Å². The maximum absolute atomic E-state index is 12.7. The number of hydrogen-bond acceptors (Lipinski definition) is 5. The Morgan fingerprint density at radius 1 is 0.962 bits per heavy atom. The Hall–Kier alpha value is -3.09. The Labute approximate surface area is 152 Å². The van der Waals surface area contributed by atoms with Crippen LogP contribution in [0.15, 0.2) is 54.7 Å². The largest absolute Gasteiger partial charge is 0.480 e. The van der Waals surface area contributed by atoms with E-state index in [9.17, 15) is 9.59 Å². The van der Waals surface area contributed by atoms with Crippen molar-refractivity contribution in [3.63, 3.8) is 0 Å². The van der Waals surface area contributed by atoms with Crippen molar-refractivity contribution in [3.8, 4) is 0 Å². The van der Waals surface area contributed by atoms with Crippen molar-refractivity contribution in [2.24, 2.45) is 0 Å². The number of carbonyl (C=O) groups is 2. The average Bonchev–Trinajstić information content (AvgIpc) is 2.68. The van der Waals surface area contributed by atoms with E-state index in [2.05, 4.69) is 9.88 Å². The first-order valence-corrected chi connectivity index (χ1v) is 8.59. The van der Waals surface area contributed by atoms with Gasteiger partial charge in [0.15, 0.2) is 0 Å². The molecule has 1 fully saturated rings. The van der Waals surface area contributed by atoms with Gasteiger partial charge in [-0.2, -0.15) is 0 Å². The number of pyridine rings is 1. The van der Waals surface area contributed by atoms with E-state index < -0.39 is 5.97 Å². The molecule has 1 aliphatic heterocycles. The minimum atomic E-state index is -0.957. The smallest absolute Gasteiger partial charge is 0.323 e. The third-order valence-corrected chi connectivity index (χ3v) is 4.38. The highest BCUT2D eigenvalue weighted by Gasteiger charge is 2.24. The number of carbonyl (C=O) groups excluding carboxylic acids is 1. The second-order valence-electron chi connectivity index (χ2n) is 6.14. The van der Waals surface area contributed by atoms with Crippen LogP contribution in [-0.2, 0) is 9.59 Å². The summed E-state index contributed by atoms with van der Waals surface area (Å²) in [5.74, 6) is -0.103. The summed E-state index contributed by atoms with van der Waals surface area (Å²) in [6, 6.07) is 14.9. The number of anilines is 2. The van der Waals surface area contributed by atoms with E-state index in [0.717, 1.165) is 11.5 Å². The van der Waals surface area contributed by atoms with Gasteiger partial charge in [-0.3, -0.25) is 9.59 Å². The molecule has 1 saturated heterocycles. The van der Waals surface area contributed by atoms with Gasteiger partial charge < -0.3 is 19.8 Å². The van der Waals surface area contributed by atoms with E-state index in [1.54, 1.807) is 16.0 Å². The lowest BCUT2D eigenvalue weighted by Gasteiger charge is -2.36. The van der Waals surface area contributed by atoms with Crippen molar-refractivity contribution < 1.29 is 14.7 Å². The van der Waals surface area contributed by atoms with Crippen molar-refractivity contribution in [3.05, 3.63) is 54.7 Å². The number of nitrogens with zero attached hydrogens (tertiary/aromatic N) is 4. The Balaban J connectivity index is 1.59. The summed E-state index contributed by atoms with van der Waals surface area (Å²) in [5, 5.41) is 9.15. The summed E-state index contributed by atoms with van der Waals surface area (Å²) in [4.78, 5) is 33.7. The van der Waals surface area contributed by atoms with Gasteiger partial charge in [0, 0.05) is 38.1 Å². The molecule has 7 nitrogen and oxygen atoms in total. The second kappa shape index (κ2) is 8.33. The van der Waals surface area contributed by atoms with Gasteiger partial charge in [0.1, 0.15) is 12.4 Å². The molecule has 1 N–H and O–H groups in total. The van der Waals surface area contributed by atoms with Gasteiger partial charge in [-0.15, -0.1) is 0 Å². The van der Waals surface area contributed by atoms with Crippen LogP contribution in [0.5, 0.6) is 0 Å². The van der Waals surface area contributed by atoms with Crippen molar-refractivity contribution in [1.29, 1.82) is 0 Å². The predicted molar refractivity (Wildman–Crippen MR) is 99.3 cm³/mol. The maximum atomic E-state index is 12.7. The molecule has 0 unspecified atom stereocenters. The number of carboxylic acid groups (broad SMARTS) is 1. The van der Waals surface area contributed by atoms with Crippen LogP contribution >= 0.6 is 0 Å². The summed E-state index contributed by atoms with van der Waals surface area (Å²) in [5.41, 5.74) is 0.732. The third-order valence-electron chi connectivity index (χ3n) is 4.38. The molecule has 2 aromatic rings. The Morgan fingerprint density at radius 3 is 2.27 bits per heavy atom. The first kappa shape index (κ1) is 17.7. The van der Waals surface area contributed by atoms with Crippen molar-refractivity contribution in [2.75, 3.05) is 49.1 Å². The van der Waals surface area contributed by atoms with Crippen LogP contribution < -0.4 is 9.80 Å². The molecule has 0 radical (unpaired) electrons. The van der Waals surface area contributed by atoms with E-state index in [4.69, 9.17) is 5.11 Å². The molecule has 1 amide bonds. The number of piperazine rings is 1. The van der Waals surface area contributed by atoms with Crippen LogP contribution in [0.3, 0.4) is 0 Å². The number of aliphatic carboxylic acids is 1. The Kier molecular flexibility index (Phi) is 5.68. The minimum Gasteiger partial charge on any atom is -0.480 e. The molecule has 0 atom stereocenters. The fourth-order valence-corrected chi connectivity index (χ4v) is 3.03. The van der Waals surface area contributed by atoms with Crippen LogP contribution in [0.25, 0.3) is 0 Å². The molecular formula is C19H22N4O3. The van der Waals surface area contributed by atoms with Crippen LogP contribution in [-0.4, -0.2) is 66.1 Å². The SMILES string of the molecule is O=C(O)CN(CC(=O)N1CCN(c2ccccn2)CC1)c1ccccc1. The lowest BCUT2D eigenvalue weighted by atomic mass is 10.2. The summed E-state index contributed by atoms with van der Waals surface area (Å²) >= 11 is 0. The highest BCUT2D eigenvalue weighted by atomic mass is 16.4. The standard InChI is InChI=1S/C19H22N4O3/c24-18(14-23(15-19(25)26)16-6-2-1-3-7-16)22-12-10-21(11-13-22)17-8-4-5-9-20-17/h1-9H,10-15H2,(H,25,26). The highest BCUT2D eigenvalue weighted by molar-refractivity contribution is 5.84. The number of carboxylic acids is 1. The van der Waals surface area contributed by atoms with Gasteiger partial charge in [0.2, 0.25) is 5.91 Å². The number of rotatable bonds is 6. The van der Waals surface area contributed by atoms with Gasteiger partial charge >= 0.3 is 5.97 Å². The van der Waals surface area contributed by atoms with Crippen molar-refractivity contribution >= 4 is 23.4 Å². The molecule has 1 aliphatic rings. The summed E-state index contributed by atoms with van der Waals surface area (Å²) in [6.45, 7) is 2.49. The third kappa shape index (κ3) is 4.50. The van der Waals surface area contributed by atoms with E-state index in [0.29, 0.717) is 26.2 Å². The fraction of sp³-hybridized carbons (Fsp3) is 0.316. The minimum absolute atomic E-state index is 0.0555. The highest BCUT2D eigenvalue weighted by Crippen LogP contribution is 2.15. The van der Waals surface area contributed by atoms with Crippen LogP contribution in [0, 0.1) is 0 Å². The Morgan fingerprint density at radius 2 is 1.65 bits per heavy atom. The van der Waals surface area contributed by atoms with Gasteiger partial charge in [-0.05, 0) is 24.3 Å². The molecule has 1 aromatic carbocycles. The molecule has 2 heterocycles. The van der Waals surface area contributed by atoms with E-state index >= 15 is 0 Å². The van der Waals surface area contributed by atoms with Crippen LogP contribution in [0.1, 0.15) is 0 Å². The second-order valence-corrected chi connectivity index (χ2v) is 6.14. The van der Waals surface area contributed by atoms with Gasteiger partial charge in [-0.1, -0.05) is 24.3 Å². The Bertz CT molecular complexity index is 731. The lowest BCUT2D eigenvalue weighted by Crippen LogP contribution is -2.52. The zero-order chi connectivity index (χ0) is 18.4. The van der Waals surface area contributed by atoms with Crippen LogP contribution in [0.2, 0.25) is 0 Å². The molecule has 1 aromatic heterocycles. The van der Waals surface area contributed by atoms with Crippen LogP contribution in [0.4, 0.5) is 11.5 Å². The molecule has 0 aliphatic carbocycles. The molecule has 0 spiro atoms. The lowest BCUT2D eigenvalue weighted by molar-refractivity contribution is -0.135. The molecule has 136 valence electrons. The first-order valence-electron chi connectivity index (χ1n) is 8.59. The summed E-state index contributed by atoms with van der Waals surface area (Å²) in [6.07, 6.45) is 1.76. The normalized spacial score (nSPS) is 14.2. The predicted octanol–water partition coefficient (Wildman–Crippen LogP) is 1.32. The number of benzene rings is 1. The zero-order valence-electron chi connectivity index (χ0n) is 14.5. The maximum Gasteiger partial charge on any atom is 0.323 e. The fourth-order valence-electron chi connectivity index (χ4n) is 3.03. The first-order chi connectivity index (χ1) is 12.6. The number of amides is 1. The molecule has 26 heavy (non-hydrogen) atoms. The van der Waals surface area contributed by atoms with Crippen molar-refractivity contribution in [2.45, 2.75) is 0 Å². The van der Waals surface area contributed by atoms with Gasteiger partial charge in [-0.25, -0.2) is 4.98 Å². The number of aromatic nitrogens is 1. The zero-order valence-corrected chi connectivity index (χ0v) is 14.5. The topological polar surface area (TPSA) is 77.0 Å². The van der Waals surface area contributed by atoms with E-state index in [-0.39, 0.29) is 19.0 Å². The molecule has 7 heteroatoms. The quantitative estimate of drug-likeness (QED) is 0.843. The summed E-state index contributed by atoms with van der Waals surface area (Å²) < 4.78 is 0. The molecule has 0 bridgehead atoms. The number of para-hydroxylation sites is 1.